The molecule has 1 atom stereocenters. The summed E-state index contributed by atoms with van der Waals surface area (Å²) in [4.78, 5) is 77.4. The number of nitrogens with zero attached hydrogens (tertiary/aromatic N) is 5. The molecule has 3 aliphatic rings. The predicted molar refractivity (Wildman–Crippen MR) is 235 cm³/mol. The number of amides is 5. The first kappa shape index (κ1) is 45.4. The Morgan fingerprint density at radius 3 is 2.35 bits per heavy atom. The van der Waals surface area contributed by atoms with E-state index < -0.39 is 36.8 Å². The number of piperazine rings is 1. The smallest absolute Gasteiger partial charge is 0.266 e. The summed E-state index contributed by atoms with van der Waals surface area (Å²) in [7, 11) is -0.865. The molecule has 1 aromatic heterocycles. The molecule has 2 saturated heterocycles. The Morgan fingerprint density at radius 1 is 0.857 bits per heavy atom. The minimum absolute atomic E-state index is 0.0145. The van der Waals surface area contributed by atoms with Crippen molar-refractivity contribution in [1.82, 2.24) is 25.1 Å². The van der Waals surface area contributed by atoms with Crippen LogP contribution in [0, 0.1) is 0 Å². The number of nitrogens with one attached hydrogen (secondary N) is 1. The number of aromatic nitrogens is 2. The lowest BCUT2D eigenvalue weighted by molar-refractivity contribution is -0.136. The number of carbonyl (C=O) groups excluding carboxylic acids is 5. The van der Waals surface area contributed by atoms with Crippen LogP contribution in [0.3, 0.4) is 0 Å². The summed E-state index contributed by atoms with van der Waals surface area (Å²) in [6, 6.07) is 17.3. The van der Waals surface area contributed by atoms with Gasteiger partial charge in [0.25, 0.3) is 11.8 Å². The third-order valence-corrected chi connectivity index (χ3v) is 13.1. The van der Waals surface area contributed by atoms with E-state index in [1.807, 2.05) is 47.4 Å². The van der Waals surface area contributed by atoms with Gasteiger partial charge >= 0.3 is 0 Å². The van der Waals surface area contributed by atoms with Gasteiger partial charge in [-0.15, -0.1) is 0 Å². The molecule has 332 valence electrons. The van der Waals surface area contributed by atoms with Gasteiger partial charge < -0.3 is 33.3 Å². The van der Waals surface area contributed by atoms with E-state index in [4.69, 9.17) is 35.5 Å². The topological polar surface area (TPSA) is 187 Å². The molecule has 1 N–H and O–H groups in total. The van der Waals surface area contributed by atoms with Gasteiger partial charge in [0.2, 0.25) is 17.7 Å². The molecule has 63 heavy (non-hydrogen) atoms. The van der Waals surface area contributed by atoms with Gasteiger partial charge in [-0.05, 0) is 43.5 Å². The predicted octanol–water partition coefficient (Wildman–Crippen LogP) is 4.12. The summed E-state index contributed by atoms with van der Waals surface area (Å²) < 4.78 is 35.8. The molecule has 18 heteroatoms. The van der Waals surface area contributed by atoms with Crippen molar-refractivity contribution in [2.45, 2.75) is 38.1 Å². The summed E-state index contributed by atoms with van der Waals surface area (Å²) in [5, 5.41) is 3.45. The second kappa shape index (κ2) is 20.2. The highest BCUT2D eigenvalue weighted by atomic mass is 35.5. The number of ether oxygens (including phenoxy) is 4. The highest BCUT2D eigenvalue weighted by Crippen LogP contribution is 2.37. The van der Waals surface area contributed by atoms with Crippen molar-refractivity contribution in [2.24, 2.45) is 0 Å². The molecule has 1 unspecified atom stereocenters. The monoisotopic (exact) mass is 900 g/mol. The van der Waals surface area contributed by atoms with Crippen LogP contribution < -0.4 is 25.0 Å². The molecule has 16 nitrogen and oxygen atoms in total. The SMILES string of the molecule is COc1cc(N2CCN(C(=O)CCOCCOCCOc3cccc4c3C(=O)N(C3CCC(=O)NC3=O)C4=O)CC2)ccc1Cc1ncc(Cl)c(Cc2ccccc2P(C)(C)=O)n1. The molecule has 0 bridgehead atoms. The fourth-order valence-electron chi connectivity index (χ4n) is 7.93. The zero-order valence-electron chi connectivity index (χ0n) is 35.5. The molecular weight excluding hydrogens is 851 g/mol. The summed E-state index contributed by atoms with van der Waals surface area (Å²) >= 11 is 6.53. The van der Waals surface area contributed by atoms with E-state index in [1.54, 1.807) is 38.8 Å². The minimum atomic E-state index is -2.50. The standard InChI is InChI=1S/C45H50ClN6O10P/c1-59-37-27-31(12-11-29(37)26-39-47-28-33(46)34(48-39)25-30-7-4-5-10-38(30)63(2,3)58)50-16-18-51(19-17-50)41(54)15-20-60-21-22-61-23-24-62-36-9-6-8-32-42(36)45(57)52(44(32)56)35-13-14-40(53)49-43(35)55/h4-12,27-28,35H,13-26H2,1-3H3,(H,49,53,55). The van der Waals surface area contributed by atoms with Gasteiger partial charge in [-0.2, -0.15) is 0 Å². The average Bonchev–Trinajstić information content (AvgIpc) is 3.52. The van der Waals surface area contributed by atoms with Crippen molar-refractivity contribution in [2.75, 3.05) is 84.6 Å². The quantitative estimate of drug-likeness (QED) is 0.0855. The Labute approximate surface area is 370 Å². The van der Waals surface area contributed by atoms with Crippen molar-refractivity contribution < 1.29 is 47.5 Å². The van der Waals surface area contributed by atoms with Crippen molar-refractivity contribution in [1.29, 1.82) is 0 Å². The van der Waals surface area contributed by atoms with E-state index >= 15 is 0 Å². The van der Waals surface area contributed by atoms with Crippen molar-refractivity contribution in [3.05, 3.63) is 106 Å². The zero-order valence-corrected chi connectivity index (χ0v) is 37.1. The van der Waals surface area contributed by atoms with Crippen LogP contribution in [0.25, 0.3) is 0 Å². The van der Waals surface area contributed by atoms with Gasteiger partial charge in [-0.3, -0.25) is 34.2 Å². The van der Waals surface area contributed by atoms with Crippen LogP contribution in [-0.4, -0.2) is 135 Å². The molecule has 5 amide bonds. The maximum atomic E-state index is 13.2. The lowest BCUT2D eigenvalue weighted by atomic mass is 10.0. The molecule has 0 radical (unpaired) electrons. The van der Waals surface area contributed by atoms with Gasteiger partial charge in [0.05, 0.1) is 61.8 Å². The molecule has 2 fully saturated rings. The molecule has 3 aromatic carbocycles. The first-order valence-corrected chi connectivity index (χ1v) is 23.8. The third kappa shape index (κ3) is 10.8. The van der Waals surface area contributed by atoms with E-state index in [0.29, 0.717) is 61.3 Å². The third-order valence-electron chi connectivity index (χ3n) is 11.2. The Balaban J connectivity index is 0.803. The van der Waals surface area contributed by atoms with E-state index in [0.717, 1.165) is 27.0 Å². The van der Waals surface area contributed by atoms with E-state index in [-0.39, 0.29) is 75.1 Å². The van der Waals surface area contributed by atoms with Crippen molar-refractivity contribution in [3.63, 3.8) is 0 Å². The largest absolute Gasteiger partial charge is 0.496 e. The van der Waals surface area contributed by atoms with Crippen LogP contribution in [0.4, 0.5) is 5.69 Å². The first-order valence-electron chi connectivity index (χ1n) is 20.8. The van der Waals surface area contributed by atoms with Crippen LogP contribution in [0.2, 0.25) is 5.02 Å². The van der Waals surface area contributed by atoms with Gasteiger partial charge in [0.15, 0.2) is 0 Å². The number of hydrogen-bond donors (Lipinski definition) is 1. The Bertz CT molecular complexity index is 2440. The second-order valence-electron chi connectivity index (χ2n) is 15.7. The number of methoxy groups -OCH3 is 1. The highest BCUT2D eigenvalue weighted by Gasteiger charge is 2.46. The molecule has 0 spiro atoms. The molecule has 0 aliphatic carbocycles. The zero-order chi connectivity index (χ0) is 44.7. The van der Waals surface area contributed by atoms with E-state index in [9.17, 15) is 28.5 Å². The number of carbonyl (C=O) groups is 5. The van der Waals surface area contributed by atoms with Crippen molar-refractivity contribution in [3.8, 4) is 11.5 Å². The maximum Gasteiger partial charge on any atom is 0.266 e. The summed E-state index contributed by atoms with van der Waals surface area (Å²) in [5.74, 6) is -0.843. The summed E-state index contributed by atoms with van der Waals surface area (Å²) in [6.07, 6.45) is 2.82. The molecule has 4 heterocycles. The lowest BCUT2D eigenvalue weighted by Gasteiger charge is -2.36. The number of fused-ring (bicyclic) bond motifs is 1. The number of benzene rings is 3. The molecule has 0 saturated carbocycles. The number of hydrogen-bond acceptors (Lipinski definition) is 13. The van der Waals surface area contributed by atoms with Crippen LogP contribution in [0.1, 0.15) is 62.6 Å². The Kier molecular flexibility index (Phi) is 14.6. The average molecular weight is 901 g/mol. The number of halogens is 1. The fraction of sp³-hybridized carbons (Fsp3) is 0.400. The lowest BCUT2D eigenvalue weighted by Crippen LogP contribution is -2.54. The fourth-order valence-corrected chi connectivity index (χ4v) is 9.38. The van der Waals surface area contributed by atoms with Crippen molar-refractivity contribution >= 4 is 59.3 Å². The number of anilines is 1. The molecule has 4 aromatic rings. The van der Waals surface area contributed by atoms with Crippen LogP contribution in [-0.2, 0) is 41.3 Å². The molecule has 7 rings (SSSR count). The van der Waals surface area contributed by atoms with Gasteiger partial charge in [-0.1, -0.05) is 48.0 Å². The maximum absolute atomic E-state index is 13.2. The Morgan fingerprint density at radius 2 is 1.60 bits per heavy atom. The van der Waals surface area contributed by atoms with Crippen LogP contribution >= 0.6 is 18.7 Å². The Hall–Kier alpha value is -5.67. The summed E-state index contributed by atoms with van der Waals surface area (Å²) in [6.45, 7) is 7.04. The highest BCUT2D eigenvalue weighted by molar-refractivity contribution is 7.70. The number of imide groups is 2. The molecule has 3 aliphatic heterocycles. The van der Waals surface area contributed by atoms with Gasteiger partial charge in [0.1, 0.15) is 37.1 Å². The van der Waals surface area contributed by atoms with Crippen LogP contribution in [0.15, 0.2) is 66.9 Å². The van der Waals surface area contributed by atoms with Gasteiger partial charge in [-0.25, -0.2) is 9.97 Å². The van der Waals surface area contributed by atoms with E-state index in [1.165, 1.54) is 6.07 Å². The minimum Gasteiger partial charge on any atom is -0.496 e. The van der Waals surface area contributed by atoms with E-state index in [2.05, 4.69) is 15.2 Å². The summed E-state index contributed by atoms with van der Waals surface area (Å²) in [5.41, 5.74) is 3.72. The second-order valence-corrected chi connectivity index (χ2v) is 19.3. The molecular formula is C45H50ClN6O10P. The normalized spacial score (nSPS) is 16.6. The number of piperidine rings is 1. The van der Waals surface area contributed by atoms with Gasteiger partial charge in [0, 0.05) is 74.3 Å². The number of rotatable bonds is 18. The first-order chi connectivity index (χ1) is 30.3. The van der Waals surface area contributed by atoms with Crippen LogP contribution in [0.5, 0.6) is 11.5 Å².